The molecule has 1 aliphatic carbocycles. The highest BCUT2D eigenvalue weighted by Gasteiger charge is 2.61. The van der Waals surface area contributed by atoms with E-state index in [1.165, 1.54) is 0 Å². The van der Waals surface area contributed by atoms with E-state index in [-0.39, 0.29) is 18.8 Å². The summed E-state index contributed by atoms with van der Waals surface area (Å²) in [5, 5.41) is 0. The SMILES string of the molecule is CCOC(=O)C1=CCC2(C(=O)c3ccccc3)C(=O)Oc3ccc(C)cc3C12. The first-order chi connectivity index (χ1) is 13.5. The number of ether oxygens (including phenoxy) is 2. The van der Waals surface area contributed by atoms with Gasteiger partial charge in [-0.3, -0.25) is 9.59 Å². The standard InChI is InChI=1S/C23H20O5/c1-3-27-21(25)16-11-12-23(20(24)15-7-5-4-6-8-15)19(16)17-13-14(2)9-10-18(17)28-22(23)26/h4-11,13,19H,3,12H2,1-2H3. The van der Waals surface area contributed by atoms with Crippen molar-refractivity contribution in [3.8, 4) is 5.75 Å². The van der Waals surface area contributed by atoms with Gasteiger partial charge in [0.05, 0.1) is 6.61 Å². The van der Waals surface area contributed by atoms with Gasteiger partial charge in [-0.15, -0.1) is 0 Å². The average Bonchev–Trinajstić information content (AvgIpc) is 3.11. The molecule has 0 saturated heterocycles. The van der Waals surface area contributed by atoms with Crippen molar-refractivity contribution in [3.05, 3.63) is 76.9 Å². The molecule has 2 aromatic rings. The summed E-state index contributed by atoms with van der Waals surface area (Å²) >= 11 is 0. The Bertz CT molecular complexity index is 1000. The van der Waals surface area contributed by atoms with Crippen molar-refractivity contribution >= 4 is 17.7 Å². The number of rotatable bonds is 4. The van der Waals surface area contributed by atoms with Crippen LogP contribution >= 0.6 is 0 Å². The highest BCUT2D eigenvalue weighted by molar-refractivity contribution is 6.17. The number of hydrogen-bond donors (Lipinski definition) is 0. The average molecular weight is 376 g/mol. The summed E-state index contributed by atoms with van der Waals surface area (Å²) in [6, 6.07) is 14.1. The van der Waals surface area contributed by atoms with E-state index in [1.54, 1.807) is 49.4 Å². The summed E-state index contributed by atoms with van der Waals surface area (Å²) < 4.78 is 10.8. The van der Waals surface area contributed by atoms with Crippen LogP contribution in [0.4, 0.5) is 0 Å². The van der Waals surface area contributed by atoms with Crippen molar-refractivity contribution in [2.24, 2.45) is 5.41 Å². The Morgan fingerprint density at radius 2 is 1.93 bits per heavy atom. The van der Waals surface area contributed by atoms with Gasteiger partial charge in [-0.25, -0.2) is 4.79 Å². The molecule has 4 rings (SSSR count). The molecule has 0 radical (unpaired) electrons. The first kappa shape index (κ1) is 18.2. The minimum atomic E-state index is -1.50. The van der Waals surface area contributed by atoms with Crippen LogP contribution in [-0.2, 0) is 14.3 Å². The lowest BCUT2D eigenvalue weighted by Gasteiger charge is -2.38. The quantitative estimate of drug-likeness (QED) is 0.352. The first-order valence-electron chi connectivity index (χ1n) is 9.29. The number of hydrogen-bond acceptors (Lipinski definition) is 5. The molecule has 0 spiro atoms. The Hall–Kier alpha value is -3.21. The summed E-state index contributed by atoms with van der Waals surface area (Å²) in [7, 11) is 0. The van der Waals surface area contributed by atoms with Crippen molar-refractivity contribution in [1.29, 1.82) is 0 Å². The van der Waals surface area contributed by atoms with E-state index in [2.05, 4.69) is 0 Å². The third-order valence-electron chi connectivity index (χ3n) is 5.44. The second-order valence-corrected chi connectivity index (χ2v) is 7.11. The normalized spacial score (nSPS) is 22.6. The molecule has 0 bridgehead atoms. The first-order valence-corrected chi connectivity index (χ1v) is 9.29. The maximum absolute atomic E-state index is 13.5. The molecule has 5 heteroatoms. The predicted molar refractivity (Wildman–Crippen MR) is 102 cm³/mol. The summed E-state index contributed by atoms with van der Waals surface area (Å²) in [6.45, 7) is 3.86. The molecule has 5 nitrogen and oxygen atoms in total. The molecule has 0 amide bonds. The van der Waals surface area contributed by atoms with Crippen LogP contribution < -0.4 is 4.74 Å². The van der Waals surface area contributed by atoms with Crippen molar-refractivity contribution < 1.29 is 23.9 Å². The highest BCUT2D eigenvalue weighted by atomic mass is 16.5. The van der Waals surface area contributed by atoms with Gasteiger partial charge < -0.3 is 9.47 Å². The van der Waals surface area contributed by atoms with Crippen LogP contribution in [0.1, 0.15) is 40.7 Å². The number of Topliss-reactive ketones (excluding diaryl/α,β-unsaturated/α-hetero) is 1. The molecule has 0 fully saturated rings. The lowest BCUT2D eigenvalue weighted by Crippen LogP contribution is -2.48. The van der Waals surface area contributed by atoms with Crippen molar-refractivity contribution in [3.63, 3.8) is 0 Å². The topological polar surface area (TPSA) is 69.7 Å². The molecule has 142 valence electrons. The number of benzene rings is 2. The van der Waals surface area contributed by atoms with Crippen molar-refractivity contribution in [2.45, 2.75) is 26.2 Å². The van der Waals surface area contributed by atoms with Gasteiger partial charge in [0.2, 0.25) is 0 Å². The van der Waals surface area contributed by atoms with Gasteiger partial charge in [0.15, 0.2) is 5.78 Å². The van der Waals surface area contributed by atoms with E-state index >= 15 is 0 Å². The zero-order chi connectivity index (χ0) is 19.9. The molecule has 1 heterocycles. The maximum atomic E-state index is 13.5. The fraction of sp³-hybridized carbons (Fsp3) is 0.261. The molecule has 1 aliphatic heterocycles. The molecular weight excluding hydrogens is 356 g/mol. The number of esters is 2. The third-order valence-corrected chi connectivity index (χ3v) is 5.44. The van der Waals surface area contributed by atoms with Gasteiger partial charge in [-0.05, 0) is 26.3 Å². The number of carbonyl (C=O) groups is 3. The smallest absolute Gasteiger partial charge is 0.334 e. The molecule has 0 N–H and O–H groups in total. The van der Waals surface area contributed by atoms with Crippen LogP contribution in [0, 0.1) is 12.3 Å². The summed E-state index contributed by atoms with van der Waals surface area (Å²) in [6.07, 6.45) is 1.76. The van der Waals surface area contributed by atoms with Gasteiger partial charge in [0.1, 0.15) is 11.2 Å². The zero-order valence-electron chi connectivity index (χ0n) is 15.7. The predicted octanol–water partition coefficient (Wildman–Crippen LogP) is 3.76. The minimum Gasteiger partial charge on any atom is -0.463 e. The largest absolute Gasteiger partial charge is 0.463 e. The van der Waals surface area contributed by atoms with Crippen LogP contribution in [0.3, 0.4) is 0 Å². The maximum Gasteiger partial charge on any atom is 0.334 e. The number of ketones is 1. The minimum absolute atomic E-state index is 0.103. The van der Waals surface area contributed by atoms with E-state index in [0.717, 1.165) is 5.56 Å². The third kappa shape index (κ3) is 2.58. The monoisotopic (exact) mass is 376 g/mol. The Balaban J connectivity index is 1.91. The second-order valence-electron chi connectivity index (χ2n) is 7.11. The Morgan fingerprint density at radius 1 is 1.18 bits per heavy atom. The number of carbonyl (C=O) groups excluding carboxylic acids is 3. The summed E-state index contributed by atoms with van der Waals surface area (Å²) in [5.41, 5.74) is 0.881. The fourth-order valence-corrected chi connectivity index (χ4v) is 4.16. The lowest BCUT2D eigenvalue weighted by molar-refractivity contribution is -0.145. The summed E-state index contributed by atoms with van der Waals surface area (Å²) in [4.78, 5) is 39.4. The van der Waals surface area contributed by atoms with Crippen molar-refractivity contribution in [2.75, 3.05) is 6.61 Å². The van der Waals surface area contributed by atoms with Gasteiger partial charge in [-0.2, -0.15) is 0 Å². The number of aryl methyl sites for hydroxylation is 1. The van der Waals surface area contributed by atoms with Crippen molar-refractivity contribution in [1.82, 2.24) is 0 Å². The second kappa shape index (κ2) is 6.75. The molecule has 2 atom stereocenters. The molecule has 2 aliphatic rings. The van der Waals surface area contributed by atoms with Gasteiger partial charge in [-0.1, -0.05) is 54.1 Å². The molecule has 0 saturated carbocycles. The molecule has 2 aromatic carbocycles. The summed E-state index contributed by atoms with van der Waals surface area (Å²) in [5.74, 6) is -1.81. The zero-order valence-corrected chi connectivity index (χ0v) is 15.7. The van der Waals surface area contributed by atoms with Crippen LogP contribution in [0.2, 0.25) is 0 Å². The van der Waals surface area contributed by atoms with E-state index in [9.17, 15) is 14.4 Å². The Kier molecular flexibility index (Phi) is 4.38. The Labute approximate surface area is 163 Å². The number of fused-ring (bicyclic) bond motifs is 3. The van der Waals surface area contributed by atoms with Gasteiger partial charge in [0.25, 0.3) is 0 Å². The van der Waals surface area contributed by atoms with E-state index in [0.29, 0.717) is 22.4 Å². The van der Waals surface area contributed by atoms with Gasteiger partial charge >= 0.3 is 11.9 Å². The van der Waals surface area contributed by atoms with Gasteiger partial charge in [0, 0.05) is 22.6 Å². The molecular formula is C23H20O5. The molecule has 28 heavy (non-hydrogen) atoms. The van der Waals surface area contributed by atoms with E-state index < -0.39 is 23.3 Å². The fourth-order valence-electron chi connectivity index (χ4n) is 4.16. The molecule has 0 aromatic heterocycles. The van der Waals surface area contributed by atoms with Crippen LogP contribution in [0.15, 0.2) is 60.2 Å². The lowest BCUT2D eigenvalue weighted by atomic mass is 9.65. The number of allylic oxidation sites excluding steroid dienone is 1. The Morgan fingerprint density at radius 3 is 2.64 bits per heavy atom. The van der Waals surface area contributed by atoms with E-state index in [1.807, 2.05) is 19.1 Å². The van der Waals surface area contributed by atoms with Crippen LogP contribution in [0.5, 0.6) is 5.75 Å². The molecule has 2 unspecified atom stereocenters. The van der Waals surface area contributed by atoms with Crippen LogP contribution in [-0.4, -0.2) is 24.3 Å². The van der Waals surface area contributed by atoms with E-state index in [4.69, 9.17) is 9.47 Å². The van der Waals surface area contributed by atoms with Crippen LogP contribution in [0.25, 0.3) is 0 Å². The highest BCUT2D eigenvalue weighted by Crippen LogP contribution is 2.57.